The molecule has 2 aromatic carbocycles. The molecule has 0 spiro atoms. The van der Waals surface area contributed by atoms with Gasteiger partial charge in [0, 0.05) is 26.3 Å². The van der Waals surface area contributed by atoms with Gasteiger partial charge in [-0.25, -0.2) is 0 Å². The fourth-order valence-corrected chi connectivity index (χ4v) is 2.49. The largest absolute Gasteiger partial charge is 0.497 e. The molecule has 0 unspecified atom stereocenters. The maximum Gasteiger partial charge on any atom is 0.255 e. The lowest BCUT2D eigenvalue weighted by atomic mass is 10.2. The third-order valence-corrected chi connectivity index (χ3v) is 4.24. The minimum Gasteiger partial charge on any atom is -0.497 e. The van der Waals surface area contributed by atoms with Crippen molar-refractivity contribution in [2.24, 2.45) is 0 Å². The van der Waals surface area contributed by atoms with Crippen molar-refractivity contribution in [2.75, 3.05) is 12.4 Å². The van der Waals surface area contributed by atoms with Crippen molar-refractivity contribution in [1.82, 2.24) is 0 Å². The highest BCUT2D eigenvalue weighted by molar-refractivity contribution is 9.10. The number of ether oxygens (including phenoxy) is 1. The summed E-state index contributed by atoms with van der Waals surface area (Å²) in [4.78, 5) is 12.1. The van der Waals surface area contributed by atoms with Crippen molar-refractivity contribution in [3.8, 4) is 5.75 Å². The van der Waals surface area contributed by atoms with Gasteiger partial charge in [0.1, 0.15) is 5.75 Å². The topological polar surface area (TPSA) is 38.3 Å². The van der Waals surface area contributed by atoms with E-state index in [1.54, 1.807) is 37.4 Å². The maximum absolute atomic E-state index is 12.1. The van der Waals surface area contributed by atoms with Crippen LogP contribution in [0.2, 0.25) is 5.02 Å². The van der Waals surface area contributed by atoms with Crippen LogP contribution in [0.1, 0.15) is 10.4 Å². The Balaban J connectivity index is 2.23. The number of carbonyl (C=O) groups is 1. The zero-order valence-corrected chi connectivity index (χ0v) is 14.3. The molecule has 1 N–H and O–H groups in total. The van der Waals surface area contributed by atoms with Crippen LogP contribution in [-0.4, -0.2) is 13.0 Å². The molecule has 3 nitrogen and oxygen atoms in total. The number of rotatable bonds is 3. The number of hydrogen-bond donors (Lipinski definition) is 1. The van der Waals surface area contributed by atoms with E-state index in [2.05, 4.69) is 37.2 Å². The van der Waals surface area contributed by atoms with Gasteiger partial charge in [-0.05, 0) is 46.3 Å². The summed E-state index contributed by atoms with van der Waals surface area (Å²) >= 11 is 12.6. The maximum atomic E-state index is 12.1. The highest BCUT2D eigenvalue weighted by Gasteiger charge is 2.09. The minimum atomic E-state index is -0.237. The first-order chi connectivity index (χ1) is 9.49. The second kappa shape index (κ2) is 6.61. The molecule has 0 heterocycles. The Morgan fingerprint density at radius 3 is 2.60 bits per heavy atom. The van der Waals surface area contributed by atoms with Crippen molar-refractivity contribution >= 4 is 55.1 Å². The van der Waals surface area contributed by atoms with Gasteiger partial charge in [-0.2, -0.15) is 0 Å². The van der Waals surface area contributed by atoms with Gasteiger partial charge >= 0.3 is 0 Å². The second-order valence-corrected chi connectivity index (χ2v) is 6.14. The number of nitrogens with one attached hydrogen (secondary N) is 1. The summed E-state index contributed by atoms with van der Waals surface area (Å²) in [5.74, 6) is 0.420. The lowest BCUT2D eigenvalue weighted by molar-refractivity contribution is 0.102. The Labute approximate surface area is 138 Å². The van der Waals surface area contributed by atoms with Gasteiger partial charge in [-0.3, -0.25) is 4.79 Å². The molecule has 1 amide bonds. The molecule has 0 aromatic heterocycles. The van der Waals surface area contributed by atoms with Crippen LogP contribution in [0.3, 0.4) is 0 Å². The van der Waals surface area contributed by atoms with Crippen LogP contribution < -0.4 is 10.1 Å². The van der Waals surface area contributed by atoms with Crippen molar-refractivity contribution in [3.63, 3.8) is 0 Å². The molecule has 0 aliphatic rings. The molecule has 104 valence electrons. The zero-order chi connectivity index (χ0) is 14.7. The monoisotopic (exact) mass is 417 g/mol. The molecule has 20 heavy (non-hydrogen) atoms. The third-order valence-electron chi connectivity index (χ3n) is 2.55. The molecule has 0 atom stereocenters. The Hall–Kier alpha value is -1.04. The third kappa shape index (κ3) is 3.75. The van der Waals surface area contributed by atoms with Crippen LogP contribution in [-0.2, 0) is 0 Å². The van der Waals surface area contributed by atoms with Crippen molar-refractivity contribution < 1.29 is 9.53 Å². The number of amides is 1. The second-order valence-electron chi connectivity index (χ2n) is 3.96. The molecule has 6 heteroatoms. The van der Waals surface area contributed by atoms with Crippen molar-refractivity contribution in [2.45, 2.75) is 0 Å². The van der Waals surface area contributed by atoms with Gasteiger partial charge in [-0.15, -0.1) is 0 Å². The van der Waals surface area contributed by atoms with E-state index >= 15 is 0 Å². The standard InChI is InChI=1S/C14H10Br2ClNO2/c1-20-11-6-9(15)5-10(7-11)18-14(19)8-2-3-12(16)13(17)4-8/h2-7H,1H3,(H,18,19). The van der Waals surface area contributed by atoms with Gasteiger partial charge in [0.05, 0.1) is 12.1 Å². The highest BCUT2D eigenvalue weighted by Crippen LogP contribution is 2.26. The predicted octanol–water partition coefficient (Wildman–Crippen LogP) is 5.13. The quantitative estimate of drug-likeness (QED) is 0.749. The van der Waals surface area contributed by atoms with E-state index in [1.165, 1.54) is 0 Å². The Morgan fingerprint density at radius 1 is 1.20 bits per heavy atom. The molecule has 0 saturated heterocycles. The van der Waals surface area contributed by atoms with Gasteiger partial charge < -0.3 is 10.1 Å². The van der Waals surface area contributed by atoms with Crippen molar-refractivity contribution in [1.29, 1.82) is 0 Å². The van der Waals surface area contributed by atoms with Crippen LogP contribution in [0, 0.1) is 0 Å². The van der Waals surface area contributed by atoms with E-state index in [0.717, 1.165) is 8.95 Å². The first-order valence-electron chi connectivity index (χ1n) is 5.60. The first kappa shape index (κ1) is 15.4. The minimum absolute atomic E-state index is 0.237. The molecular formula is C14H10Br2ClNO2. The normalized spacial score (nSPS) is 10.2. The number of methoxy groups -OCH3 is 1. The Morgan fingerprint density at radius 2 is 1.95 bits per heavy atom. The summed E-state index contributed by atoms with van der Waals surface area (Å²) < 4.78 is 6.72. The first-order valence-corrected chi connectivity index (χ1v) is 7.57. The molecule has 0 fully saturated rings. The van der Waals surface area contributed by atoms with Crippen molar-refractivity contribution in [3.05, 3.63) is 55.9 Å². The lowest BCUT2D eigenvalue weighted by Crippen LogP contribution is -2.11. The van der Waals surface area contributed by atoms with Crippen LogP contribution in [0.25, 0.3) is 0 Å². The van der Waals surface area contributed by atoms with Crippen LogP contribution in [0.4, 0.5) is 5.69 Å². The highest BCUT2D eigenvalue weighted by atomic mass is 79.9. The fourth-order valence-electron chi connectivity index (χ4n) is 1.59. The number of halogens is 3. The SMILES string of the molecule is COc1cc(Br)cc(NC(=O)c2ccc(Br)c(Cl)c2)c1. The average molecular weight is 420 g/mol. The summed E-state index contributed by atoms with van der Waals surface area (Å²) in [6.45, 7) is 0. The summed E-state index contributed by atoms with van der Waals surface area (Å²) in [7, 11) is 1.57. The van der Waals surface area contributed by atoms with E-state index in [0.29, 0.717) is 22.0 Å². The zero-order valence-electron chi connectivity index (χ0n) is 10.4. The summed E-state index contributed by atoms with van der Waals surface area (Å²) in [6, 6.07) is 10.4. The lowest BCUT2D eigenvalue weighted by Gasteiger charge is -2.09. The van der Waals surface area contributed by atoms with Crippen LogP contribution in [0.15, 0.2) is 45.3 Å². The molecule has 0 aliphatic carbocycles. The molecule has 0 bridgehead atoms. The average Bonchev–Trinajstić information content (AvgIpc) is 2.41. The molecule has 2 aromatic rings. The van der Waals surface area contributed by atoms with E-state index in [9.17, 15) is 4.79 Å². The van der Waals surface area contributed by atoms with Gasteiger partial charge in [-0.1, -0.05) is 27.5 Å². The van der Waals surface area contributed by atoms with E-state index in [-0.39, 0.29) is 5.91 Å². The summed E-state index contributed by atoms with van der Waals surface area (Å²) in [5, 5.41) is 3.29. The number of anilines is 1. The van der Waals surface area contributed by atoms with Gasteiger partial charge in [0.25, 0.3) is 5.91 Å². The summed E-state index contributed by atoms with van der Waals surface area (Å²) in [6.07, 6.45) is 0. The Kier molecular flexibility index (Phi) is 5.07. The number of carbonyl (C=O) groups excluding carboxylic acids is 1. The molecule has 0 saturated carbocycles. The number of hydrogen-bond acceptors (Lipinski definition) is 2. The van der Waals surface area contributed by atoms with E-state index in [4.69, 9.17) is 16.3 Å². The van der Waals surface area contributed by atoms with Crippen LogP contribution in [0.5, 0.6) is 5.75 Å². The molecule has 2 rings (SSSR count). The summed E-state index contributed by atoms with van der Waals surface area (Å²) in [5.41, 5.74) is 1.12. The Bertz CT molecular complexity index is 662. The van der Waals surface area contributed by atoms with E-state index < -0.39 is 0 Å². The molecular weight excluding hydrogens is 409 g/mol. The molecule has 0 aliphatic heterocycles. The predicted molar refractivity (Wildman–Crippen MR) is 87.8 cm³/mol. The van der Waals surface area contributed by atoms with Gasteiger partial charge in [0.2, 0.25) is 0 Å². The smallest absolute Gasteiger partial charge is 0.255 e. The fraction of sp³-hybridized carbons (Fsp3) is 0.0714. The van der Waals surface area contributed by atoms with Crippen LogP contribution >= 0.6 is 43.5 Å². The van der Waals surface area contributed by atoms with E-state index in [1.807, 2.05) is 6.07 Å². The van der Waals surface area contributed by atoms with Gasteiger partial charge in [0.15, 0.2) is 0 Å². The number of benzene rings is 2. The molecule has 0 radical (unpaired) electrons.